The SMILES string of the molecule is CCC(C)C(=O)Cn1ccc2cc(C#N)ccc21. The van der Waals surface area contributed by atoms with Crippen LogP contribution >= 0.6 is 0 Å². The smallest absolute Gasteiger partial charge is 0.155 e. The molecule has 1 aromatic heterocycles. The fourth-order valence-corrected chi connectivity index (χ4v) is 1.96. The van der Waals surface area contributed by atoms with E-state index in [9.17, 15) is 4.79 Å². The van der Waals surface area contributed by atoms with Crippen LogP contribution in [-0.2, 0) is 11.3 Å². The number of nitriles is 1. The fraction of sp³-hybridized carbons (Fsp3) is 0.333. The summed E-state index contributed by atoms with van der Waals surface area (Å²) in [7, 11) is 0. The van der Waals surface area contributed by atoms with Gasteiger partial charge in [-0.15, -0.1) is 0 Å². The number of ketones is 1. The van der Waals surface area contributed by atoms with E-state index in [0.717, 1.165) is 17.3 Å². The van der Waals surface area contributed by atoms with Crippen LogP contribution in [0.5, 0.6) is 0 Å². The molecular weight excluding hydrogens is 224 g/mol. The summed E-state index contributed by atoms with van der Waals surface area (Å²) < 4.78 is 1.95. The normalized spacial score (nSPS) is 12.3. The third kappa shape index (κ3) is 2.28. The van der Waals surface area contributed by atoms with Gasteiger partial charge in [-0.2, -0.15) is 5.26 Å². The Hall–Kier alpha value is -2.08. The standard InChI is InChI=1S/C15H16N2O/c1-3-11(2)15(18)10-17-7-6-13-8-12(9-16)4-5-14(13)17/h4-8,11H,3,10H2,1-2H3. The molecule has 1 heterocycles. The molecule has 1 aromatic carbocycles. The maximum atomic E-state index is 11.9. The lowest BCUT2D eigenvalue weighted by molar-refractivity contribution is -0.122. The van der Waals surface area contributed by atoms with Crippen LogP contribution in [0.4, 0.5) is 0 Å². The molecule has 0 amide bonds. The molecule has 3 heteroatoms. The van der Waals surface area contributed by atoms with Gasteiger partial charge in [0.05, 0.1) is 18.2 Å². The van der Waals surface area contributed by atoms with Gasteiger partial charge >= 0.3 is 0 Å². The Bertz CT molecular complexity index is 619. The Morgan fingerprint density at radius 1 is 1.44 bits per heavy atom. The van der Waals surface area contributed by atoms with Gasteiger partial charge < -0.3 is 4.57 Å². The van der Waals surface area contributed by atoms with E-state index in [-0.39, 0.29) is 11.7 Å². The van der Waals surface area contributed by atoms with Crippen LogP contribution in [0.25, 0.3) is 10.9 Å². The van der Waals surface area contributed by atoms with E-state index in [0.29, 0.717) is 12.1 Å². The molecule has 18 heavy (non-hydrogen) atoms. The van der Waals surface area contributed by atoms with Crippen LogP contribution in [0.2, 0.25) is 0 Å². The zero-order chi connectivity index (χ0) is 13.1. The van der Waals surface area contributed by atoms with Gasteiger partial charge in [0, 0.05) is 23.0 Å². The Labute approximate surface area is 107 Å². The molecule has 0 bridgehead atoms. The van der Waals surface area contributed by atoms with Crippen molar-refractivity contribution < 1.29 is 4.79 Å². The molecule has 0 aliphatic carbocycles. The maximum Gasteiger partial charge on any atom is 0.155 e. The van der Waals surface area contributed by atoms with Gasteiger partial charge in [0.1, 0.15) is 0 Å². The van der Waals surface area contributed by atoms with Gasteiger partial charge in [-0.1, -0.05) is 13.8 Å². The summed E-state index contributed by atoms with van der Waals surface area (Å²) in [4.78, 5) is 11.9. The van der Waals surface area contributed by atoms with Gasteiger partial charge in [-0.05, 0) is 30.7 Å². The monoisotopic (exact) mass is 240 g/mol. The highest BCUT2D eigenvalue weighted by Crippen LogP contribution is 2.18. The topological polar surface area (TPSA) is 45.8 Å². The van der Waals surface area contributed by atoms with Crippen LogP contribution in [0, 0.1) is 17.2 Å². The Balaban J connectivity index is 2.30. The van der Waals surface area contributed by atoms with E-state index < -0.39 is 0 Å². The summed E-state index contributed by atoms with van der Waals surface area (Å²) in [5.41, 5.74) is 1.65. The number of Topliss-reactive ketones (excluding diaryl/α,β-unsaturated/α-hetero) is 1. The van der Waals surface area contributed by atoms with Crippen molar-refractivity contribution in [2.45, 2.75) is 26.8 Å². The molecule has 0 saturated carbocycles. The lowest BCUT2D eigenvalue weighted by atomic mass is 10.0. The highest BCUT2D eigenvalue weighted by atomic mass is 16.1. The number of aromatic nitrogens is 1. The number of nitrogens with zero attached hydrogens (tertiary/aromatic N) is 2. The maximum absolute atomic E-state index is 11.9. The number of hydrogen-bond donors (Lipinski definition) is 0. The minimum atomic E-state index is 0.0980. The van der Waals surface area contributed by atoms with Crippen molar-refractivity contribution in [3.63, 3.8) is 0 Å². The zero-order valence-corrected chi connectivity index (χ0v) is 10.7. The molecule has 1 atom stereocenters. The van der Waals surface area contributed by atoms with Crippen molar-refractivity contribution in [1.29, 1.82) is 5.26 Å². The summed E-state index contributed by atoms with van der Waals surface area (Å²) in [5, 5.41) is 9.85. The predicted molar refractivity (Wildman–Crippen MR) is 71.1 cm³/mol. The highest BCUT2D eigenvalue weighted by molar-refractivity contribution is 5.85. The molecule has 1 unspecified atom stereocenters. The van der Waals surface area contributed by atoms with Crippen LogP contribution in [0.15, 0.2) is 30.5 Å². The number of hydrogen-bond acceptors (Lipinski definition) is 2. The van der Waals surface area contributed by atoms with Gasteiger partial charge in [0.2, 0.25) is 0 Å². The van der Waals surface area contributed by atoms with Crippen LogP contribution < -0.4 is 0 Å². The Kier molecular flexibility index (Phi) is 3.47. The molecule has 2 aromatic rings. The summed E-state index contributed by atoms with van der Waals surface area (Å²) in [6.45, 7) is 4.39. The van der Waals surface area contributed by atoms with Crippen LogP contribution in [0.3, 0.4) is 0 Å². The summed E-state index contributed by atoms with van der Waals surface area (Å²) >= 11 is 0. The molecule has 92 valence electrons. The second kappa shape index (κ2) is 5.05. The van der Waals surface area contributed by atoms with Gasteiger partial charge in [0.25, 0.3) is 0 Å². The predicted octanol–water partition coefficient (Wildman–Crippen LogP) is 3.13. The van der Waals surface area contributed by atoms with Crippen molar-refractivity contribution >= 4 is 16.7 Å². The quantitative estimate of drug-likeness (QED) is 0.824. The Morgan fingerprint density at radius 3 is 2.89 bits per heavy atom. The van der Waals surface area contributed by atoms with E-state index in [2.05, 4.69) is 6.07 Å². The van der Waals surface area contributed by atoms with Gasteiger partial charge in [0.15, 0.2) is 5.78 Å². The molecule has 0 radical (unpaired) electrons. The zero-order valence-electron chi connectivity index (χ0n) is 10.7. The summed E-state index contributed by atoms with van der Waals surface area (Å²) in [5.74, 6) is 0.347. The average molecular weight is 240 g/mol. The first-order chi connectivity index (χ1) is 8.65. The van der Waals surface area contributed by atoms with E-state index in [1.165, 1.54) is 0 Å². The average Bonchev–Trinajstić information content (AvgIpc) is 2.80. The first kappa shape index (κ1) is 12.4. The summed E-state index contributed by atoms with van der Waals surface area (Å²) in [6, 6.07) is 9.60. The van der Waals surface area contributed by atoms with Crippen molar-refractivity contribution in [2.24, 2.45) is 5.92 Å². The number of rotatable bonds is 4. The molecular formula is C15H16N2O. The van der Waals surface area contributed by atoms with Crippen molar-refractivity contribution in [3.05, 3.63) is 36.0 Å². The molecule has 0 aliphatic rings. The van der Waals surface area contributed by atoms with Gasteiger partial charge in [-0.25, -0.2) is 0 Å². The van der Waals surface area contributed by atoms with Crippen molar-refractivity contribution in [2.75, 3.05) is 0 Å². The fourth-order valence-electron chi connectivity index (χ4n) is 1.96. The van der Waals surface area contributed by atoms with E-state index in [4.69, 9.17) is 5.26 Å². The molecule has 0 fully saturated rings. The second-order valence-corrected chi connectivity index (χ2v) is 4.60. The van der Waals surface area contributed by atoms with Crippen LogP contribution in [-0.4, -0.2) is 10.4 Å². The largest absolute Gasteiger partial charge is 0.340 e. The minimum absolute atomic E-state index is 0.0980. The Morgan fingerprint density at radius 2 is 2.22 bits per heavy atom. The van der Waals surface area contributed by atoms with Crippen molar-refractivity contribution in [3.8, 4) is 6.07 Å². The highest BCUT2D eigenvalue weighted by Gasteiger charge is 2.12. The van der Waals surface area contributed by atoms with E-state index in [1.807, 2.05) is 42.8 Å². The number of carbonyl (C=O) groups excluding carboxylic acids is 1. The third-order valence-electron chi connectivity index (χ3n) is 3.39. The van der Waals surface area contributed by atoms with Crippen molar-refractivity contribution in [1.82, 2.24) is 4.57 Å². The lowest BCUT2D eigenvalue weighted by Gasteiger charge is -2.09. The first-order valence-electron chi connectivity index (χ1n) is 6.17. The number of carbonyl (C=O) groups is 1. The van der Waals surface area contributed by atoms with Gasteiger partial charge in [-0.3, -0.25) is 4.79 Å². The molecule has 0 saturated heterocycles. The molecule has 3 nitrogen and oxygen atoms in total. The third-order valence-corrected chi connectivity index (χ3v) is 3.39. The molecule has 2 rings (SSSR count). The first-order valence-corrected chi connectivity index (χ1v) is 6.17. The minimum Gasteiger partial charge on any atom is -0.340 e. The molecule has 0 N–H and O–H groups in total. The van der Waals surface area contributed by atoms with Crippen LogP contribution in [0.1, 0.15) is 25.8 Å². The number of fused-ring (bicyclic) bond motifs is 1. The van der Waals surface area contributed by atoms with E-state index >= 15 is 0 Å². The number of benzene rings is 1. The summed E-state index contributed by atoms with van der Waals surface area (Å²) in [6.07, 6.45) is 2.78. The molecule has 0 aliphatic heterocycles. The molecule has 0 spiro atoms. The second-order valence-electron chi connectivity index (χ2n) is 4.60. The lowest BCUT2D eigenvalue weighted by Crippen LogP contribution is -2.16. The van der Waals surface area contributed by atoms with E-state index in [1.54, 1.807) is 6.07 Å².